The van der Waals surface area contributed by atoms with Gasteiger partial charge in [-0.05, 0) is 60.4 Å². The van der Waals surface area contributed by atoms with E-state index in [9.17, 15) is 19.5 Å². The quantitative estimate of drug-likeness (QED) is 0.486. The first-order chi connectivity index (χ1) is 17.3. The summed E-state index contributed by atoms with van der Waals surface area (Å²) in [5.74, 6) is -1.24. The molecule has 7 nitrogen and oxygen atoms in total. The molecule has 3 aromatic rings. The molecule has 2 atom stereocenters. The van der Waals surface area contributed by atoms with E-state index in [0.717, 1.165) is 23.2 Å². The number of carboxylic acids is 1. The lowest BCUT2D eigenvalue weighted by Crippen LogP contribution is -2.34. The molecule has 1 spiro atoms. The van der Waals surface area contributed by atoms with E-state index in [1.807, 2.05) is 48.5 Å². The first kappa shape index (κ1) is 22.6. The number of ether oxygens (including phenoxy) is 1. The van der Waals surface area contributed by atoms with Crippen molar-refractivity contribution < 1.29 is 24.2 Å². The zero-order chi connectivity index (χ0) is 25.2. The second-order valence-corrected chi connectivity index (χ2v) is 9.93. The first-order valence-electron chi connectivity index (χ1n) is 11.9. The van der Waals surface area contributed by atoms with Crippen molar-refractivity contribution in [2.45, 2.75) is 30.6 Å². The van der Waals surface area contributed by atoms with Crippen LogP contribution >= 0.6 is 11.6 Å². The summed E-state index contributed by atoms with van der Waals surface area (Å²) >= 11 is 6.15. The van der Waals surface area contributed by atoms with E-state index in [0.29, 0.717) is 29.4 Å². The van der Waals surface area contributed by atoms with E-state index in [4.69, 9.17) is 16.3 Å². The molecule has 3 aliphatic rings. The molecule has 1 aliphatic carbocycles. The van der Waals surface area contributed by atoms with E-state index in [2.05, 4.69) is 6.92 Å². The number of fused-ring (bicyclic) bond motifs is 2. The summed E-state index contributed by atoms with van der Waals surface area (Å²) in [5.41, 5.74) is 2.33. The van der Waals surface area contributed by atoms with Gasteiger partial charge >= 0.3 is 12.1 Å². The molecule has 0 radical (unpaired) electrons. The molecule has 2 amide bonds. The number of halogens is 1. The molecule has 182 valence electrons. The largest absolute Gasteiger partial charge is 0.478 e. The second kappa shape index (κ2) is 7.83. The Bertz CT molecular complexity index is 1440. The lowest BCUT2D eigenvalue weighted by atomic mass is 9.80. The maximum absolute atomic E-state index is 14.4. The molecule has 0 aromatic heterocycles. The van der Waals surface area contributed by atoms with Crippen molar-refractivity contribution >= 4 is 46.6 Å². The van der Waals surface area contributed by atoms with Crippen molar-refractivity contribution in [2.75, 3.05) is 23.0 Å². The standard InChI is InChI=1S/C28H23ClN2O5/c1-2-27(18-7-9-19(29)10-8-18)16-28(27)22-5-3-4-6-23(22)31(25(28)34)21-14-17(24(32)33)13-20(15-21)30-11-12-36-26(30)35/h3-10,13-15H,2,11-12,16H2,1H3,(H,32,33). The Labute approximate surface area is 212 Å². The van der Waals surface area contributed by atoms with Crippen LogP contribution in [0, 0.1) is 0 Å². The molecule has 1 saturated heterocycles. The van der Waals surface area contributed by atoms with Crippen LogP contribution in [0.3, 0.4) is 0 Å². The third-order valence-corrected chi connectivity index (χ3v) is 8.16. The fraction of sp³-hybridized carbons (Fsp3) is 0.250. The van der Waals surface area contributed by atoms with Gasteiger partial charge in [-0.2, -0.15) is 0 Å². The topological polar surface area (TPSA) is 87.2 Å². The number of benzene rings is 3. The number of anilines is 3. The zero-order valence-corrected chi connectivity index (χ0v) is 20.3. The van der Waals surface area contributed by atoms with E-state index in [1.54, 1.807) is 11.0 Å². The minimum absolute atomic E-state index is 0.0105. The van der Waals surface area contributed by atoms with Gasteiger partial charge in [-0.15, -0.1) is 0 Å². The van der Waals surface area contributed by atoms with Crippen LogP contribution in [0.15, 0.2) is 66.7 Å². The number of aromatic carboxylic acids is 1. The van der Waals surface area contributed by atoms with Crippen molar-refractivity contribution in [3.63, 3.8) is 0 Å². The monoisotopic (exact) mass is 502 g/mol. The Kier molecular flexibility index (Phi) is 4.92. The number of amides is 2. The van der Waals surface area contributed by atoms with Crippen molar-refractivity contribution in [2.24, 2.45) is 0 Å². The molecule has 2 fully saturated rings. The lowest BCUT2D eigenvalue weighted by molar-refractivity contribution is -0.120. The third-order valence-electron chi connectivity index (χ3n) is 7.91. The molecule has 1 saturated carbocycles. The molecule has 2 heterocycles. The first-order valence-corrected chi connectivity index (χ1v) is 12.2. The van der Waals surface area contributed by atoms with Gasteiger partial charge in [0.05, 0.1) is 34.6 Å². The van der Waals surface area contributed by atoms with Gasteiger partial charge in [0.15, 0.2) is 0 Å². The summed E-state index contributed by atoms with van der Waals surface area (Å²) in [6.07, 6.45) is 0.861. The summed E-state index contributed by atoms with van der Waals surface area (Å²) in [7, 11) is 0. The Hall–Kier alpha value is -3.84. The Morgan fingerprint density at radius 2 is 1.78 bits per heavy atom. The molecule has 6 rings (SSSR count). The Morgan fingerprint density at radius 1 is 1.06 bits per heavy atom. The zero-order valence-electron chi connectivity index (χ0n) is 19.5. The average Bonchev–Trinajstić information content (AvgIpc) is 3.28. The van der Waals surface area contributed by atoms with E-state index in [1.165, 1.54) is 17.0 Å². The van der Waals surface area contributed by atoms with Gasteiger partial charge in [-0.25, -0.2) is 9.59 Å². The number of nitrogens with zero attached hydrogens (tertiary/aromatic N) is 2. The third kappa shape index (κ3) is 2.95. The summed E-state index contributed by atoms with van der Waals surface area (Å²) in [4.78, 5) is 41.6. The van der Waals surface area contributed by atoms with Crippen molar-refractivity contribution in [3.05, 3.63) is 88.4 Å². The molecular formula is C28H23ClN2O5. The normalized spacial score (nSPS) is 24.3. The summed E-state index contributed by atoms with van der Waals surface area (Å²) in [6, 6.07) is 19.9. The van der Waals surface area contributed by atoms with Gasteiger partial charge in [-0.3, -0.25) is 14.6 Å². The maximum Gasteiger partial charge on any atom is 0.414 e. The molecule has 0 bridgehead atoms. The van der Waals surface area contributed by atoms with Crippen LogP contribution in [0.5, 0.6) is 0 Å². The van der Waals surface area contributed by atoms with Crippen LogP contribution in [0.4, 0.5) is 21.9 Å². The number of carbonyl (C=O) groups is 3. The molecule has 1 N–H and O–H groups in total. The maximum atomic E-state index is 14.4. The Balaban J connectivity index is 1.51. The van der Waals surface area contributed by atoms with Gasteiger partial charge in [0.25, 0.3) is 0 Å². The Morgan fingerprint density at radius 3 is 2.44 bits per heavy atom. The number of para-hydroxylation sites is 1. The highest BCUT2D eigenvalue weighted by atomic mass is 35.5. The summed E-state index contributed by atoms with van der Waals surface area (Å²) in [6.45, 7) is 2.62. The van der Waals surface area contributed by atoms with Crippen LogP contribution in [0.25, 0.3) is 0 Å². The molecule has 2 unspecified atom stereocenters. The van der Waals surface area contributed by atoms with Crippen LogP contribution in [-0.4, -0.2) is 36.2 Å². The molecule has 8 heteroatoms. The van der Waals surface area contributed by atoms with Crippen LogP contribution in [0.1, 0.15) is 41.3 Å². The minimum Gasteiger partial charge on any atom is -0.478 e. The smallest absolute Gasteiger partial charge is 0.414 e. The molecule has 36 heavy (non-hydrogen) atoms. The van der Waals surface area contributed by atoms with E-state index in [-0.39, 0.29) is 18.1 Å². The fourth-order valence-electron chi connectivity index (χ4n) is 6.12. The van der Waals surface area contributed by atoms with E-state index < -0.39 is 22.9 Å². The van der Waals surface area contributed by atoms with Crippen LogP contribution in [-0.2, 0) is 20.4 Å². The molecule has 2 aliphatic heterocycles. The van der Waals surface area contributed by atoms with Crippen LogP contribution < -0.4 is 9.80 Å². The SMILES string of the molecule is CCC1(c2ccc(Cl)cc2)CC12C(=O)N(c1cc(C(=O)O)cc(N3CCOC3=O)c1)c1ccccc12. The summed E-state index contributed by atoms with van der Waals surface area (Å²) in [5, 5.41) is 10.4. The molecular weight excluding hydrogens is 480 g/mol. The lowest BCUT2D eigenvalue weighted by Gasteiger charge is -2.24. The highest BCUT2D eigenvalue weighted by molar-refractivity contribution is 6.30. The van der Waals surface area contributed by atoms with E-state index >= 15 is 0 Å². The number of cyclic esters (lactones) is 1. The van der Waals surface area contributed by atoms with Gasteiger partial charge < -0.3 is 9.84 Å². The minimum atomic E-state index is -1.14. The van der Waals surface area contributed by atoms with Crippen molar-refractivity contribution in [1.29, 1.82) is 0 Å². The highest BCUT2D eigenvalue weighted by Crippen LogP contribution is 2.72. The number of hydrogen-bond acceptors (Lipinski definition) is 4. The predicted octanol–water partition coefficient (Wildman–Crippen LogP) is 5.66. The van der Waals surface area contributed by atoms with Gasteiger partial charge in [0.2, 0.25) is 5.91 Å². The predicted molar refractivity (Wildman–Crippen MR) is 135 cm³/mol. The van der Waals surface area contributed by atoms with Gasteiger partial charge in [0.1, 0.15) is 6.61 Å². The number of rotatable bonds is 5. The van der Waals surface area contributed by atoms with Crippen molar-refractivity contribution in [1.82, 2.24) is 0 Å². The highest BCUT2D eigenvalue weighted by Gasteiger charge is 2.76. The molecule has 3 aromatic carbocycles. The average molecular weight is 503 g/mol. The van der Waals surface area contributed by atoms with Gasteiger partial charge in [0, 0.05) is 10.4 Å². The van der Waals surface area contributed by atoms with Crippen LogP contribution in [0.2, 0.25) is 5.02 Å². The fourth-order valence-corrected chi connectivity index (χ4v) is 6.25. The summed E-state index contributed by atoms with van der Waals surface area (Å²) < 4.78 is 5.05. The number of carboxylic acid groups (broad SMARTS) is 1. The second-order valence-electron chi connectivity index (χ2n) is 9.49. The van der Waals surface area contributed by atoms with Gasteiger partial charge in [-0.1, -0.05) is 48.9 Å². The van der Waals surface area contributed by atoms with Crippen molar-refractivity contribution in [3.8, 4) is 0 Å². The number of hydrogen-bond donors (Lipinski definition) is 1. The number of carbonyl (C=O) groups excluding carboxylic acids is 2.